The van der Waals surface area contributed by atoms with Gasteiger partial charge in [0.1, 0.15) is 0 Å². The van der Waals surface area contributed by atoms with E-state index in [9.17, 15) is 8.42 Å². The fraction of sp³-hybridized carbons (Fsp3) is 1.00. The second kappa shape index (κ2) is 5.02. The lowest BCUT2D eigenvalue weighted by Gasteiger charge is -2.33. The Bertz CT molecular complexity index is 315. The molecule has 4 nitrogen and oxygen atoms in total. The zero-order chi connectivity index (χ0) is 13.2. The zero-order valence-electron chi connectivity index (χ0n) is 11.3. The number of nitrogens with one attached hydrogen (secondary N) is 1. The predicted octanol–water partition coefficient (Wildman–Crippen LogP) is 1.47. The number of hydrogen-bond donors (Lipinski definition) is 2. The summed E-state index contributed by atoms with van der Waals surface area (Å²) in [5.74, 6) is 5.47. The van der Waals surface area contributed by atoms with E-state index in [2.05, 4.69) is 26.2 Å². The second-order valence-electron chi connectivity index (χ2n) is 6.19. The van der Waals surface area contributed by atoms with Crippen molar-refractivity contribution < 1.29 is 8.42 Å². The minimum atomic E-state index is -3.12. The predicted molar refractivity (Wildman–Crippen MR) is 68.7 cm³/mol. The van der Waals surface area contributed by atoms with Crippen LogP contribution in [0.4, 0.5) is 0 Å². The van der Waals surface area contributed by atoms with Gasteiger partial charge in [-0.1, -0.05) is 20.8 Å². The van der Waals surface area contributed by atoms with Crippen LogP contribution in [0.15, 0.2) is 0 Å². The van der Waals surface area contributed by atoms with Gasteiger partial charge in [0.15, 0.2) is 9.84 Å². The van der Waals surface area contributed by atoms with Crippen LogP contribution in [0.1, 0.15) is 47.5 Å². The highest BCUT2D eigenvalue weighted by Crippen LogP contribution is 2.28. The molecular weight excluding hydrogens is 224 g/mol. The number of rotatable bonds is 5. The van der Waals surface area contributed by atoms with Crippen molar-refractivity contribution in [2.45, 2.75) is 58.2 Å². The topological polar surface area (TPSA) is 72.2 Å². The molecule has 0 spiro atoms. The maximum Gasteiger partial charge on any atom is 0.154 e. The molecular formula is C11H26N2O2S. The molecule has 0 radical (unpaired) electrons. The van der Waals surface area contributed by atoms with Gasteiger partial charge in [0.05, 0.1) is 4.75 Å². The lowest BCUT2D eigenvalue weighted by atomic mass is 9.86. The van der Waals surface area contributed by atoms with Crippen LogP contribution in [0, 0.1) is 5.41 Å². The van der Waals surface area contributed by atoms with Crippen LogP contribution < -0.4 is 11.3 Å². The molecule has 1 atom stereocenters. The summed E-state index contributed by atoms with van der Waals surface area (Å²) in [6, 6.07) is -0.221. The fourth-order valence-electron chi connectivity index (χ4n) is 1.47. The Hall–Kier alpha value is -0.130. The quantitative estimate of drug-likeness (QED) is 0.572. The summed E-state index contributed by atoms with van der Waals surface area (Å²) in [6.45, 7) is 9.83. The van der Waals surface area contributed by atoms with Crippen LogP contribution in [-0.4, -0.2) is 25.5 Å². The molecule has 1 unspecified atom stereocenters. The molecule has 0 heterocycles. The normalized spacial score (nSPS) is 16.2. The van der Waals surface area contributed by atoms with Crippen LogP contribution in [0.5, 0.6) is 0 Å². The molecule has 5 heteroatoms. The summed E-state index contributed by atoms with van der Waals surface area (Å²) in [5, 5.41) is 0. The van der Waals surface area contributed by atoms with Gasteiger partial charge in [-0.25, -0.2) is 8.42 Å². The van der Waals surface area contributed by atoms with Crippen molar-refractivity contribution in [1.82, 2.24) is 5.43 Å². The van der Waals surface area contributed by atoms with E-state index in [1.54, 1.807) is 13.8 Å². The minimum Gasteiger partial charge on any atom is -0.271 e. The highest BCUT2D eigenvalue weighted by Gasteiger charge is 2.38. The van der Waals surface area contributed by atoms with Crippen LogP contribution >= 0.6 is 0 Å². The van der Waals surface area contributed by atoms with E-state index >= 15 is 0 Å². The molecule has 0 aromatic heterocycles. The molecule has 0 aliphatic heterocycles. The first-order valence-corrected chi connectivity index (χ1v) is 7.46. The number of hydrazine groups is 1. The molecule has 0 aromatic carbocycles. The molecule has 0 saturated heterocycles. The maximum absolute atomic E-state index is 11.7. The standard InChI is InChI=1S/C11H26N2O2S/c1-10(2,3)8-7-9(13-12)11(4,5)16(6,14)15/h9,13H,7-8,12H2,1-6H3. The number of nitrogens with two attached hydrogens (primary N) is 1. The summed E-state index contributed by atoms with van der Waals surface area (Å²) < 4.78 is 22.5. The first kappa shape index (κ1) is 15.9. The lowest BCUT2D eigenvalue weighted by molar-refractivity contribution is 0.304. The van der Waals surface area contributed by atoms with Crippen molar-refractivity contribution >= 4 is 9.84 Å². The van der Waals surface area contributed by atoms with Crippen LogP contribution in [0.3, 0.4) is 0 Å². The highest BCUT2D eigenvalue weighted by molar-refractivity contribution is 7.92. The molecule has 16 heavy (non-hydrogen) atoms. The van der Waals surface area contributed by atoms with E-state index < -0.39 is 14.6 Å². The number of hydrogen-bond acceptors (Lipinski definition) is 4. The van der Waals surface area contributed by atoms with Crippen molar-refractivity contribution in [2.75, 3.05) is 6.26 Å². The Morgan fingerprint density at radius 3 is 1.88 bits per heavy atom. The van der Waals surface area contributed by atoms with Crippen LogP contribution in [0.2, 0.25) is 0 Å². The van der Waals surface area contributed by atoms with Crippen molar-refractivity contribution in [2.24, 2.45) is 11.3 Å². The summed E-state index contributed by atoms with van der Waals surface area (Å²) in [6.07, 6.45) is 2.94. The molecule has 3 N–H and O–H groups in total. The van der Waals surface area contributed by atoms with Gasteiger partial charge >= 0.3 is 0 Å². The summed E-state index contributed by atoms with van der Waals surface area (Å²) in [7, 11) is -3.12. The Labute approximate surface area is 99.9 Å². The lowest BCUT2D eigenvalue weighted by Crippen LogP contribution is -2.54. The van der Waals surface area contributed by atoms with Crippen LogP contribution in [-0.2, 0) is 9.84 Å². The first-order chi connectivity index (χ1) is 6.92. The van der Waals surface area contributed by atoms with Gasteiger partial charge in [-0.15, -0.1) is 0 Å². The molecule has 0 aliphatic carbocycles. The van der Waals surface area contributed by atoms with Crippen molar-refractivity contribution in [3.8, 4) is 0 Å². The Morgan fingerprint density at radius 1 is 1.19 bits per heavy atom. The smallest absolute Gasteiger partial charge is 0.154 e. The van der Waals surface area contributed by atoms with E-state index in [4.69, 9.17) is 5.84 Å². The van der Waals surface area contributed by atoms with Crippen molar-refractivity contribution in [1.29, 1.82) is 0 Å². The third-order valence-electron chi connectivity index (χ3n) is 3.18. The number of sulfone groups is 1. The summed E-state index contributed by atoms with van der Waals surface area (Å²) in [4.78, 5) is 0. The van der Waals surface area contributed by atoms with E-state index in [1.807, 2.05) is 0 Å². The first-order valence-electron chi connectivity index (χ1n) is 5.57. The van der Waals surface area contributed by atoms with Gasteiger partial charge in [0.25, 0.3) is 0 Å². The molecule has 0 fully saturated rings. The zero-order valence-corrected chi connectivity index (χ0v) is 12.1. The SMILES string of the molecule is CC(C)(C)CCC(NN)C(C)(C)S(C)(=O)=O. The van der Waals surface area contributed by atoms with Gasteiger partial charge in [0.2, 0.25) is 0 Å². The van der Waals surface area contributed by atoms with E-state index in [0.29, 0.717) is 0 Å². The molecule has 0 aliphatic rings. The summed E-state index contributed by atoms with van der Waals surface area (Å²) >= 11 is 0. The average Bonchev–Trinajstić information content (AvgIpc) is 2.00. The Morgan fingerprint density at radius 2 is 1.62 bits per heavy atom. The third kappa shape index (κ3) is 4.39. The fourth-order valence-corrected chi connectivity index (χ4v) is 2.17. The van der Waals surface area contributed by atoms with Crippen molar-refractivity contribution in [3.05, 3.63) is 0 Å². The Balaban J connectivity index is 4.76. The van der Waals surface area contributed by atoms with Gasteiger partial charge in [-0.05, 0) is 32.1 Å². The average molecular weight is 250 g/mol. The monoisotopic (exact) mass is 250 g/mol. The molecule has 0 aromatic rings. The van der Waals surface area contributed by atoms with Crippen molar-refractivity contribution in [3.63, 3.8) is 0 Å². The molecule has 0 bridgehead atoms. The Kier molecular flexibility index (Phi) is 4.98. The van der Waals surface area contributed by atoms with Gasteiger partial charge < -0.3 is 0 Å². The maximum atomic E-state index is 11.7. The van der Waals surface area contributed by atoms with E-state index in [0.717, 1.165) is 12.8 Å². The van der Waals surface area contributed by atoms with E-state index in [-0.39, 0.29) is 11.5 Å². The molecule has 0 rings (SSSR count). The van der Waals surface area contributed by atoms with Crippen LogP contribution in [0.25, 0.3) is 0 Å². The molecule has 0 saturated carbocycles. The largest absolute Gasteiger partial charge is 0.271 e. The van der Waals surface area contributed by atoms with Gasteiger partial charge in [-0.3, -0.25) is 11.3 Å². The molecule has 98 valence electrons. The molecule has 0 amide bonds. The van der Waals surface area contributed by atoms with Gasteiger partial charge in [-0.2, -0.15) is 0 Å². The second-order valence-corrected chi connectivity index (χ2v) is 8.79. The van der Waals surface area contributed by atoms with E-state index in [1.165, 1.54) is 6.26 Å². The highest BCUT2D eigenvalue weighted by atomic mass is 32.2. The minimum absolute atomic E-state index is 0.183. The third-order valence-corrected chi connectivity index (χ3v) is 5.37. The van der Waals surface area contributed by atoms with Gasteiger partial charge in [0, 0.05) is 12.3 Å². The summed E-state index contributed by atoms with van der Waals surface area (Å²) in [5.41, 5.74) is 2.83.